The lowest BCUT2D eigenvalue weighted by molar-refractivity contribution is 0.151. The molecule has 1 saturated heterocycles. The number of hydrogen-bond donors (Lipinski definition) is 1. The second-order valence-corrected chi connectivity index (χ2v) is 6.80. The van der Waals surface area contributed by atoms with Gasteiger partial charge in [-0.3, -0.25) is 4.90 Å². The van der Waals surface area contributed by atoms with Crippen molar-refractivity contribution < 1.29 is 4.39 Å². The lowest BCUT2D eigenvalue weighted by Gasteiger charge is -2.34. The maximum Gasteiger partial charge on any atom is 0.123 e. The molecule has 1 unspecified atom stereocenters. The summed E-state index contributed by atoms with van der Waals surface area (Å²) < 4.78 is 13.3. The highest BCUT2D eigenvalue weighted by Crippen LogP contribution is 2.31. The highest BCUT2D eigenvalue weighted by molar-refractivity contribution is 5.17. The first-order valence-corrected chi connectivity index (χ1v) is 8.43. The van der Waals surface area contributed by atoms with E-state index in [9.17, 15) is 4.39 Å². The molecule has 1 saturated carbocycles. The van der Waals surface area contributed by atoms with Gasteiger partial charge in [0.05, 0.1) is 0 Å². The van der Waals surface area contributed by atoms with Gasteiger partial charge in [0.2, 0.25) is 0 Å². The standard InChI is InChI=1S/C18H27FN2/c1-14(11-16-3-2-4-17(19)12-16)21(18-5-6-18)13-15-7-9-20-10-8-15/h2-4,12,14-15,18,20H,5-11,13H2,1H3. The van der Waals surface area contributed by atoms with Crippen LogP contribution in [-0.2, 0) is 6.42 Å². The third kappa shape index (κ3) is 4.27. The molecule has 0 radical (unpaired) electrons. The molecule has 0 aromatic heterocycles. The Labute approximate surface area is 127 Å². The fourth-order valence-electron chi connectivity index (χ4n) is 3.58. The molecule has 1 aromatic rings. The zero-order chi connectivity index (χ0) is 14.7. The molecule has 21 heavy (non-hydrogen) atoms. The van der Waals surface area contributed by atoms with E-state index >= 15 is 0 Å². The summed E-state index contributed by atoms with van der Waals surface area (Å²) >= 11 is 0. The van der Waals surface area contributed by atoms with Crippen LogP contribution in [0.1, 0.15) is 38.2 Å². The van der Waals surface area contributed by atoms with Gasteiger partial charge in [-0.1, -0.05) is 12.1 Å². The van der Waals surface area contributed by atoms with Gasteiger partial charge in [0.15, 0.2) is 0 Å². The maximum atomic E-state index is 13.3. The van der Waals surface area contributed by atoms with Crippen molar-refractivity contribution in [2.24, 2.45) is 5.92 Å². The zero-order valence-electron chi connectivity index (χ0n) is 13.0. The van der Waals surface area contributed by atoms with Crippen LogP contribution in [0.3, 0.4) is 0 Å². The van der Waals surface area contributed by atoms with E-state index < -0.39 is 0 Å². The second-order valence-electron chi connectivity index (χ2n) is 6.80. The smallest absolute Gasteiger partial charge is 0.123 e. The first-order valence-electron chi connectivity index (χ1n) is 8.43. The summed E-state index contributed by atoms with van der Waals surface area (Å²) in [5.74, 6) is 0.720. The van der Waals surface area contributed by atoms with E-state index in [1.165, 1.54) is 51.4 Å². The molecule has 3 heteroatoms. The Balaban J connectivity index is 1.60. The monoisotopic (exact) mass is 290 g/mol. The molecule has 1 aliphatic carbocycles. The van der Waals surface area contributed by atoms with Gasteiger partial charge in [0.25, 0.3) is 0 Å². The lowest BCUT2D eigenvalue weighted by atomic mass is 9.96. The van der Waals surface area contributed by atoms with Crippen LogP contribution in [0.4, 0.5) is 4.39 Å². The number of piperidine rings is 1. The number of benzene rings is 1. The molecular formula is C18H27FN2. The third-order valence-corrected chi connectivity index (χ3v) is 4.93. The molecule has 3 rings (SSSR count). The summed E-state index contributed by atoms with van der Waals surface area (Å²) in [5, 5.41) is 3.45. The molecule has 1 aromatic carbocycles. The minimum absolute atomic E-state index is 0.115. The molecule has 0 spiro atoms. The highest BCUT2D eigenvalue weighted by Gasteiger charge is 2.33. The first-order chi connectivity index (χ1) is 10.2. The Bertz CT molecular complexity index is 452. The summed E-state index contributed by atoms with van der Waals surface area (Å²) in [7, 11) is 0. The minimum Gasteiger partial charge on any atom is -0.317 e. The van der Waals surface area contributed by atoms with Gasteiger partial charge in [-0.15, -0.1) is 0 Å². The van der Waals surface area contributed by atoms with Crippen LogP contribution in [0.2, 0.25) is 0 Å². The van der Waals surface area contributed by atoms with Crippen LogP contribution in [0.25, 0.3) is 0 Å². The maximum absolute atomic E-state index is 13.3. The molecule has 116 valence electrons. The Morgan fingerprint density at radius 2 is 2.00 bits per heavy atom. The van der Waals surface area contributed by atoms with E-state index in [1.54, 1.807) is 6.07 Å². The molecule has 2 aliphatic rings. The first kappa shape index (κ1) is 15.0. The quantitative estimate of drug-likeness (QED) is 0.865. The van der Waals surface area contributed by atoms with Gasteiger partial charge in [-0.25, -0.2) is 4.39 Å². The van der Waals surface area contributed by atoms with Crippen LogP contribution < -0.4 is 5.32 Å². The molecule has 1 heterocycles. The second kappa shape index (κ2) is 6.89. The van der Waals surface area contributed by atoms with Crippen molar-refractivity contribution in [3.63, 3.8) is 0 Å². The van der Waals surface area contributed by atoms with E-state index in [0.29, 0.717) is 6.04 Å². The van der Waals surface area contributed by atoms with E-state index in [-0.39, 0.29) is 5.82 Å². The van der Waals surface area contributed by atoms with Crippen molar-refractivity contribution in [2.45, 2.75) is 51.1 Å². The normalized spacial score (nSPS) is 21.7. The summed E-state index contributed by atoms with van der Waals surface area (Å²) in [4.78, 5) is 2.70. The van der Waals surface area contributed by atoms with E-state index in [4.69, 9.17) is 0 Å². The molecule has 0 amide bonds. The minimum atomic E-state index is -0.115. The van der Waals surface area contributed by atoms with Gasteiger partial charge >= 0.3 is 0 Å². The Morgan fingerprint density at radius 1 is 1.24 bits per heavy atom. The number of nitrogens with one attached hydrogen (secondary N) is 1. The largest absolute Gasteiger partial charge is 0.317 e. The van der Waals surface area contributed by atoms with E-state index in [1.807, 2.05) is 6.07 Å². The van der Waals surface area contributed by atoms with Crippen molar-refractivity contribution in [2.75, 3.05) is 19.6 Å². The molecule has 1 N–H and O–H groups in total. The van der Waals surface area contributed by atoms with Crippen molar-refractivity contribution in [3.8, 4) is 0 Å². The van der Waals surface area contributed by atoms with E-state index in [2.05, 4.69) is 23.2 Å². The lowest BCUT2D eigenvalue weighted by Crippen LogP contribution is -2.42. The van der Waals surface area contributed by atoms with Crippen molar-refractivity contribution in [1.82, 2.24) is 10.2 Å². The summed E-state index contributed by atoms with van der Waals surface area (Å²) in [5.41, 5.74) is 1.12. The Hall–Kier alpha value is -0.930. The van der Waals surface area contributed by atoms with Crippen LogP contribution in [0, 0.1) is 11.7 Å². The Kier molecular flexibility index (Phi) is 4.91. The average Bonchev–Trinajstić information content (AvgIpc) is 3.30. The van der Waals surface area contributed by atoms with Crippen LogP contribution in [0.5, 0.6) is 0 Å². The fourth-order valence-corrected chi connectivity index (χ4v) is 3.58. The van der Waals surface area contributed by atoms with Crippen LogP contribution >= 0.6 is 0 Å². The summed E-state index contributed by atoms with van der Waals surface area (Å²) in [6.07, 6.45) is 6.25. The molecule has 2 nitrogen and oxygen atoms in total. The number of halogens is 1. The van der Waals surface area contributed by atoms with Crippen molar-refractivity contribution >= 4 is 0 Å². The van der Waals surface area contributed by atoms with Gasteiger partial charge in [-0.05, 0) is 75.7 Å². The van der Waals surface area contributed by atoms with Crippen molar-refractivity contribution in [1.29, 1.82) is 0 Å². The number of nitrogens with zero attached hydrogens (tertiary/aromatic N) is 1. The predicted molar refractivity (Wildman–Crippen MR) is 84.9 cm³/mol. The van der Waals surface area contributed by atoms with Gasteiger partial charge in [0.1, 0.15) is 5.82 Å². The summed E-state index contributed by atoms with van der Waals surface area (Å²) in [6.45, 7) is 5.87. The fraction of sp³-hybridized carbons (Fsp3) is 0.667. The highest BCUT2D eigenvalue weighted by atomic mass is 19.1. The third-order valence-electron chi connectivity index (χ3n) is 4.93. The average molecular weight is 290 g/mol. The molecule has 0 bridgehead atoms. The van der Waals surface area contributed by atoms with Crippen LogP contribution in [-0.4, -0.2) is 36.6 Å². The van der Waals surface area contributed by atoms with Gasteiger partial charge in [-0.2, -0.15) is 0 Å². The number of rotatable bonds is 6. The van der Waals surface area contributed by atoms with Gasteiger partial charge in [0, 0.05) is 18.6 Å². The van der Waals surface area contributed by atoms with E-state index in [0.717, 1.165) is 23.9 Å². The topological polar surface area (TPSA) is 15.3 Å². The molecule has 2 fully saturated rings. The molecule has 1 aliphatic heterocycles. The predicted octanol–water partition coefficient (Wildman–Crippen LogP) is 3.22. The molecular weight excluding hydrogens is 263 g/mol. The Morgan fingerprint density at radius 3 is 2.67 bits per heavy atom. The molecule has 1 atom stereocenters. The summed E-state index contributed by atoms with van der Waals surface area (Å²) in [6, 6.07) is 8.38. The van der Waals surface area contributed by atoms with Crippen molar-refractivity contribution in [3.05, 3.63) is 35.6 Å². The van der Waals surface area contributed by atoms with Gasteiger partial charge < -0.3 is 5.32 Å². The zero-order valence-corrected chi connectivity index (χ0v) is 13.0. The SMILES string of the molecule is CC(Cc1cccc(F)c1)N(CC1CCNCC1)C1CC1. The number of hydrogen-bond acceptors (Lipinski definition) is 2. The van der Waals surface area contributed by atoms with Crippen LogP contribution in [0.15, 0.2) is 24.3 Å².